The number of amides is 1. The fourth-order valence-corrected chi connectivity index (χ4v) is 2.99. The van der Waals surface area contributed by atoms with Gasteiger partial charge in [0, 0.05) is 16.1 Å². The highest BCUT2D eigenvalue weighted by Gasteiger charge is 2.14. The van der Waals surface area contributed by atoms with Crippen LogP contribution in [0.2, 0.25) is 5.02 Å². The van der Waals surface area contributed by atoms with E-state index >= 15 is 0 Å². The molecule has 1 heterocycles. The molecule has 144 valence electrons. The summed E-state index contributed by atoms with van der Waals surface area (Å²) < 4.78 is 10.6. The van der Waals surface area contributed by atoms with E-state index < -0.39 is 18.5 Å². The summed E-state index contributed by atoms with van der Waals surface area (Å²) in [6, 6.07) is 14.3. The van der Waals surface area contributed by atoms with E-state index in [1.54, 1.807) is 29.6 Å². The van der Waals surface area contributed by atoms with Gasteiger partial charge in [-0.3, -0.25) is 4.79 Å². The third kappa shape index (κ3) is 5.80. The van der Waals surface area contributed by atoms with Gasteiger partial charge < -0.3 is 14.8 Å². The van der Waals surface area contributed by atoms with Crippen LogP contribution in [0.25, 0.3) is 0 Å². The van der Waals surface area contributed by atoms with Crippen molar-refractivity contribution in [2.24, 2.45) is 0 Å². The van der Waals surface area contributed by atoms with E-state index in [9.17, 15) is 9.59 Å². The van der Waals surface area contributed by atoms with E-state index in [0.717, 1.165) is 11.3 Å². The van der Waals surface area contributed by atoms with Crippen LogP contribution in [0.4, 0.5) is 5.69 Å². The molecule has 0 fully saturated rings. The van der Waals surface area contributed by atoms with Crippen molar-refractivity contribution in [3.63, 3.8) is 0 Å². The van der Waals surface area contributed by atoms with Crippen LogP contribution in [0, 0.1) is 6.92 Å². The summed E-state index contributed by atoms with van der Waals surface area (Å²) in [5, 5.41) is 5.39. The predicted molar refractivity (Wildman–Crippen MR) is 108 cm³/mol. The van der Waals surface area contributed by atoms with Gasteiger partial charge in [0.15, 0.2) is 12.3 Å². The van der Waals surface area contributed by atoms with Gasteiger partial charge in [-0.25, -0.2) is 9.78 Å². The van der Waals surface area contributed by atoms with Crippen LogP contribution in [0.1, 0.15) is 21.1 Å². The molecule has 3 aromatic rings. The Labute approximate surface area is 171 Å². The number of aryl methyl sites for hydroxylation is 1. The van der Waals surface area contributed by atoms with E-state index in [0.29, 0.717) is 15.7 Å². The molecule has 1 aromatic heterocycles. The Balaban J connectivity index is 1.46. The van der Waals surface area contributed by atoms with Crippen LogP contribution in [0.3, 0.4) is 0 Å². The van der Waals surface area contributed by atoms with Crippen molar-refractivity contribution in [2.45, 2.75) is 13.5 Å². The van der Waals surface area contributed by atoms with E-state index in [1.165, 1.54) is 11.3 Å². The SMILES string of the molecule is Cc1ccc(OCc2nc(C(=O)OCC(=O)Nc3ccc(Cl)cc3)cs2)cc1. The zero-order valence-electron chi connectivity index (χ0n) is 15.0. The lowest BCUT2D eigenvalue weighted by molar-refractivity contribution is -0.119. The minimum atomic E-state index is -0.663. The highest BCUT2D eigenvalue weighted by Crippen LogP contribution is 2.17. The first-order valence-corrected chi connectivity index (χ1v) is 9.62. The molecule has 2 aromatic carbocycles. The molecule has 0 saturated heterocycles. The first-order valence-electron chi connectivity index (χ1n) is 8.36. The molecule has 0 spiro atoms. The van der Waals surface area contributed by atoms with E-state index in [1.807, 2.05) is 31.2 Å². The van der Waals surface area contributed by atoms with Gasteiger partial charge >= 0.3 is 5.97 Å². The number of benzene rings is 2. The van der Waals surface area contributed by atoms with Crippen LogP contribution >= 0.6 is 22.9 Å². The number of anilines is 1. The van der Waals surface area contributed by atoms with Crippen molar-refractivity contribution in [3.8, 4) is 5.75 Å². The van der Waals surface area contributed by atoms with Crippen LogP contribution in [0.15, 0.2) is 53.9 Å². The molecule has 0 saturated carbocycles. The minimum Gasteiger partial charge on any atom is -0.486 e. The number of hydrogen-bond donors (Lipinski definition) is 1. The van der Waals surface area contributed by atoms with Crippen molar-refractivity contribution < 1.29 is 19.1 Å². The first kappa shape index (κ1) is 19.9. The lowest BCUT2D eigenvalue weighted by Gasteiger charge is -2.06. The van der Waals surface area contributed by atoms with E-state index in [2.05, 4.69) is 10.3 Å². The molecular weight excluding hydrogens is 400 g/mol. The zero-order valence-corrected chi connectivity index (χ0v) is 16.5. The number of ether oxygens (including phenoxy) is 2. The summed E-state index contributed by atoms with van der Waals surface area (Å²) in [6.07, 6.45) is 0. The highest BCUT2D eigenvalue weighted by atomic mass is 35.5. The minimum absolute atomic E-state index is 0.145. The van der Waals surface area contributed by atoms with Gasteiger partial charge in [0.25, 0.3) is 5.91 Å². The van der Waals surface area contributed by atoms with Crippen molar-refractivity contribution in [3.05, 3.63) is 75.2 Å². The maximum Gasteiger partial charge on any atom is 0.358 e. The van der Waals surface area contributed by atoms with Gasteiger partial charge in [0.2, 0.25) is 0 Å². The fraction of sp³-hybridized carbons (Fsp3) is 0.150. The Morgan fingerprint density at radius 2 is 1.82 bits per heavy atom. The Kier molecular flexibility index (Phi) is 6.62. The van der Waals surface area contributed by atoms with Gasteiger partial charge in [0.05, 0.1) is 0 Å². The standard InChI is InChI=1S/C20H17ClN2O4S/c1-13-2-8-16(9-3-13)26-11-19-23-17(12-28-19)20(25)27-10-18(24)22-15-6-4-14(21)5-7-15/h2-9,12H,10-11H2,1H3,(H,22,24). The molecule has 28 heavy (non-hydrogen) atoms. The van der Waals surface area contributed by atoms with Gasteiger partial charge in [-0.15, -0.1) is 11.3 Å². The average molecular weight is 417 g/mol. The Morgan fingerprint density at radius 1 is 1.11 bits per heavy atom. The maximum absolute atomic E-state index is 12.1. The lowest BCUT2D eigenvalue weighted by atomic mass is 10.2. The monoisotopic (exact) mass is 416 g/mol. The Hall–Kier alpha value is -2.90. The van der Waals surface area contributed by atoms with Crippen molar-refractivity contribution in [2.75, 3.05) is 11.9 Å². The molecule has 8 heteroatoms. The second kappa shape index (κ2) is 9.34. The third-order valence-corrected chi connectivity index (χ3v) is 4.68. The normalized spacial score (nSPS) is 10.4. The quantitative estimate of drug-likeness (QED) is 0.574. The second-order valence-electron chi connectivity index (χ2n) is 5.86. The summed E-state index contributed by atoms with van der Waals surface area (Å²) >= 11 is 7.08. The summed E-state index contributed by atoms with van der Waals surface area (Å²) in [4.78, 5) is 28.1. The maximum atomic E-state index is 12.1. The molecule has 0 aliphatic rings. The number of carbonyl (C=O) groups excluding carboxylic acids is 2. The van der Waals surface area contributed by atoms with E-state index in [4.69, 9.17) is 21.1 Å². The van der Waals surface area contributed by atoms with Crippen molar-refractivity contribution in [1.82, 2.24) is 4.98 Å². The van der Waals surface area contributed by atoms with Gasteiger partial charge in [0.1, 0.15) is 17.4 Å². The molecule has 3 rings (SSSR count). The number of nitrogens with zero attached hydrogens (tertiary/aromatic N) is 1. The van der Waals surface area contributed by atoms with Crippen LogP contribution < -0.4 is 10.1 Å². The average Bonchev–Trinajstić information content (AvgIpc) is 3.17. The highest BCUT2D eigenvalue weighted by molar-refractivity contribution is 7.09. The van der Waals surface area contributed by atoms with Crippen LogP contribution in [-0.4, -0.2) is 23.5 Å². The van der Waals surface area contributed by atoms with Gasteiger partial charge in [-0.05, 0) is 43.3 Å². The fourth-order valence-electron chi connectivity index (χ4n) is 2.19. The molecule has 6 nitrogen and oxygen atoms in total. The molecule has 0 aliphatic carbocycles. The Morgan fingerprint density at radius 3 is 2.54 bits per heavy atom. The number of hydrogen-bond acceptors (Lipinski definition) is 6. The van der Waals surface area contributed by atoms with Crippen molar-refractivity contribution >= 4 is 40.5 Å². The number of aromatic nitrogens is 1. The topological polar surface area (TPSA) is 77.5 Å². The summed E-state index contributed by atoms with van der Waals surface area (Å²) in [6.45, 7) is 1.84. The summed E-state index contributed by atoms with van der Waals surface area (Å²) in [5.41, 5.74) is 1.85. The third-order valence-electron chi connectivity index (χ3n) is 3.61. The molecule has 0 bridgehead atoms. The Bertz CT molecular complexity index is 955. The molecule has 1 amide bonds. The predicted octanol–water partition coefficient (Wildman–Crippen LogP) is 4.48. The number of thiazole rings is 1. The molecule has 0 atom stereocenters. The van der Waals surface area contributed by atoms with Crippen LogP contribution in [0.5, 0.6) is 5.75 Å². The summed E-state index contributed by atoms with van der Waals surface area (Å²) in [7, 11) is 0. The number of halogens is 1. The number of nitrogens with one attached hydrogen (secondary N) is 1. The lowest BCUT2D eigenvalue weighted by Crippen LogP contribution is -2.21. The smallest absolute Gasteiger partial charge is 0.358 e. The van der Waals surface area contributed by atoms with Gasteiger partial charge in [-0.1, -0.05) is 29.3 Å². The number of carbonyl (C=O) groups is 2. The first-order chi connectivity index (χ1) is 13.5. The summed E-state index contributed by atoms with van der Waals surface area (Å²) in [5.74, 6) is -0.387. The van der Waals surface area contributed by atoms with Gasteiger partial charge in [-0.2, -0.15) is 0 Å². The molecule has 0 radical (unpaired) electrons. The largest absolute Gasteiger partial charge is 0.486 e. The second-order valence-corrected chi connectivity index (χ2v) is 7.24. The number of rotatable bonds is 7. The number of esters is 1. The molecule has 0 aliphatic heterocycles. The molecule has 1 N–H and O–H groups in total. The van der Waals surface area contributed by atoms with E-state index in [-0.39, 0.29) is 12.3 Å². The molecule has 0 unspecified atom stereocenters. The van der Waals surface area contributed by atoms with Crippen molar-refractivity contribution in [1.29, 1.82) is 0 Å². The van der Waals surface area contributed by atoms with Crippen LogP contribution in [-0.2, 0) is 16.1 Å². The molecular formula is C20H17ClN2O4S. The zero-order chi connectivity index (χ0) is 19.9.